The van der Waals surface area contributed by atoms with E-state index >= 15 is 0 Å². The first kappa shape index (κ1) is 29.5. The maximum Gasteiger partial charge on any atom is 0.209 e. The summed E-state index contributed by atoms with van der Waals surface area (Å²) in [6.45, 7) is 0.559. The molecule has 0 fully saturated rings. The maximum atomic E-state index is 15.0. The largest absolute Gasteiger partial charge is 0.588 e. The van der Waals surface area contributed by atoms with Crippen LogP contribution in [0, 0.1) is 92.5 Å². The first-order chi connectivity index (χ1) is 18.0. The molecule has 0 aliphatic rings. The van der Waals surface area contributed by atoms with Gasteiger partial charge in [-0.1, -0.05) is 0 Å². The molecule has 210 valence electrons. The van der Waals surface area contributed by atoms with E-state index in [1.165, 1.54) is 0 Å². The smallest absolute Gasteiger partial charge is 0.209 e. The number of hydrogen-bond donors (Lipinski definition) is 0. The molecule has 0 bridgehead atoms. The topological polar surface area (TPSA) is 35.3 Å². The second kappa shape index (κ2) is 9.92. The molecule has 0 saturated carbocycles. The summed E-state index contributed by atoms with van der Waals surface area (Å²) in [5.41, 5.74) is -9.17. The van der Waals surface area contributed by atoms with Crippen molar-refractivity contribution >= 4 is 29.0 Å². The number of halogens is 15. The van der Waals surface area contributed by atoms with Gasteiger partial charge in [-0.3, -0.25) is 5.21 Å². The van der Waals surface area contributed by atoms with Gasteiger partial charge in [-0.2, -0.15) is 0 Å². The summed E-state index contributed by atoms with van der Waals surface area (Å²) in [7, 11) is 0. The zero-order valence-electron chi connectivity index (χ0n) is 18.1. The average Bonchev–Trinajstić information content (AvgIpc) is 2.90. The second-order valence-electron chi connectivity index (χ2n) is 7.39. The van der Waals surface area contributed by atoms with E-state index in [0.717, 1.165) is 0 Å². The summed E-state index contributed by atoms with van der Waals surface area (Å²) >= 11 is 0. The molecule has 0 N–H and O–H groups in total. The summed E-state index contributed by atoms with van der Waals surface area (Å²) < 4.78 is 220. The molecular formula is C20H4BF15NO2-. The minimum atomic E-state index is -6.38. The fraction of sp³-hybridized carbons (Fsp3) is 0.0500. The Morgan fingerprint density at radius 3 is 0.795 bits per heavy atom. The van der Waals surface area contributed by atoms with Crippen LogP contribution in [0.25, 0.3) is 0 Å². The summed E-state index contributed by atoms with van der Waals surface area (Å²) in [5, 5.41) is 12.1. The van der Waals surface area contributed by atoms with Gasteiger partial charge in [0.1, 0.15) is 34.9 Å². The summed E-state index contributed by atoms with van der Waals surface area (Å²) in [5.74, 6) is -48.3. The normalized spacial score (nSPS) is 12.4. The predicted molar refractivity (Wildman–Crippen MR) is 99.8 cm³/mol. The molecule has 0 amide bonds. The second-order valence-corrected chi connectivity index (χ2v) is 7.39. The highest BCUT2D eigenvalue weighted by molar-refractivity contribution is 7.07. The molecule has 0 heterocycles. The van der Waals surface area contributed by atoms with Gasteiger partial charge in [-0.15, -0.1) is 16.4 Å². The molecule has 0 aliphatic carbocycles. The Bertz CT molecular complexity index is 1320. The van der Waals surface area contributed by atoms with Crippen LogP contribution in [0.2, 0.25) is 0 Å². The minimum absolute atomic E-state index is 0.0271. The first-order valence-electron chi connectivity index (χ1n) is 9.64. The molecule has 0 spiro atoms. The Morgan fingerprint density at radius 1 is 0.436 bits per heavy atom. The van der Waals surface area contributed by atoms with Crippen molar-refractivity contribution < 1.29 is 75.5 Å². The predicted octanol–water partition coefficient (Wildman–Crippen LogP) is 4.27. The Labute approximate surface area is 204 Å². The molecule has 0 saturated heterocycles. The van der Waals surface area contributed by atoms with E-state index in [-0.39, 0.29) is 6.21 Å². The molecule has 0 radical (unpaired) electrons. The fourth-order valence-electron chi connectivity index (χ4n) is 3.74. The summed E-state index contributed by atoms with van der Waals surface area (Å²) in [6.07, 6.45) is -6.40. The molecule has 0 aliphatic heterocycles. The Balaban J connectivity index is 2.92. The molecule has 0 aromatic heterocycles. The zero-order chi connectivity index (χ0) is 29.9. The lowest BCUT2D eigenvalue weighted by atomic mass is 9.27. The van der Waals surface area contributed by atoms with E-state index in [4.69, 9.17) is 0 Å². The van der Waals surface area contributed by atoms with Crippen molar-refractivity contribution in [3.05, 3.63) is 92.5 Å². The van der Waals surface area contributed by atoms with Crippen LogP contribution in [0.3, 0.4) is 0 Å². The van der Waals surface area contributed by atoms with Crippen LogP contribution in [-0.4, -0.2) is 17.5 Å². The van der Waals surface area contributed by atoms with Gasteiger partial charge in [-0.25, -0.2) is 65.9 Å². The van der Waals surface area contributed by atoms with Crippen LogP contribution >= 0.6 is 0 Å². The van der Waals surface area contributed by atoms with E-state index in [0.29, 0.717) is 6.92 Å². The highest BCUT2D eigenvalue weighted by Crippen LogP contribution is 2.28. The summed E-state index contributed by atoms with van der Waals surface area (Å²) in [4.78, 5) is -1.31. The van der Waals surface area contributed by atoms with Crippen LogP contribution in [0.4, 0.5) is 65.9 Å². The van der Waals surface area contributed by atoms with Gasteiger partial charge in [0.2, 0.25) is 12.6 Å². The molecule has 0 unspecified atom stereocenters. The number of nitrogens with zero attached hydrogens (tertiary/aromatic N) is 1. The molecule has 3 nitrogen and oxygen atoms in total. The van der Waals surface area contributed by atoms with Crippen molar-refractivity contribution in [1.29, 1.82) is 0 Å². The SMILES string of the molecule is C/C=[N+](/[O-])O[B-](c1c(F)c(F)c(F)c(F)c1F)(c1c(F)c(F)c(F)c(F)c1F)c1c(F)c(F)c(F)c(F)c1F. The lowest BCUT2D eigenvalue weighted by Crippen LogP contribution is -2.75. The van der Waals surface area contributed by atoms with Crippen molar-refractivity contribution in [2.45, 2.75) is 6.92 Å². The van der Waals surface area contributed by atoms with E-state index in [1.54, 1.807) is 0 Å². The Hall–Kier alpha value is -4.06. The minimum Gasteiger partial charge on any atom is -0.588 e. The third kappa shape index (κ3) is 4.01. The summed E-state index contributed by atoms with van der Waals surface area (Å²) in [6, 6.07) is 0. The van der Waals surface area contributed by atoms with Crippen LogP contribution in [0.15, 0.2) is 0 Å². The van der Waals surface area contributed by atoms with Crippen LogP contribution in [-0.2, 0) is 4.76 Å². The quantitative estimate of drug-likeness (QED) is 0.0853. The molecular weight excluding hydrogens is 582 g/mol. The highest BCUT2D eigenvalue weighted by Gasteiger charge is 2.48. The fourth-order valence-corrected chi connectivity index (χ4v) is 3.74. The van der Waals surface area contributed by atoms with Gasteiger partial charge in [0.25, 0.3) is 0 Å². The first-order valence-corrected chi connectivity index (χ1v) is 9.64. The molecule has 0 atom stereocenters. The van der Waals surface area contributed by atoms with Crippen LogP contribution < -0.4 is 16.4 Å². The standard InChI is InChI=1S/C20H4BF15NO2/c1-2-37(38)39-21(3-6(22)12(28)18(34)13(29)7(3)23,4-8(24)14(30)19(35)15(31)9(4)25)5-10(26)16(32)20(36)17(33)11(5)27/h2H,1H3/q-1/b37-2-. The lowest BCUT2D eigenvalue weighted by Gasteiger charge is -2.46. The van der Waals surface area contributed by atoms with Gasteiger partial charge in [0, 0.05) is 6.92 Å². The molecule has 19 heteroatoms. The van der Waals surface area contributed by atoms with Gasteiger partial charge < -0.3 is 4.76 Å². The van der Waals surface area contributed by atoms with Crippen LogP contribution in [0.1, 0.15) is 6.92 Å². The number of rotatable bonds is 5. The monoisotopic (exact) mass is 586 g/mol. The van der Waals surface area contributed by atoms with E-state index in [2.05, 4.69) is 4.76 Å². The maximum absolute atomic E-state index is 15.0. The Morgan fingerprint density at radius 2 is 0.615 bits per heavy atom. The van der Waals surface area contributed by atoms with Crippen molar-refractivity contribution in [2.75, 3.05) is 0 Å². The van der Waals surface area contributed by atoms with Crippen molar-refractivity contribution in [3.8, 4) is 0 Å². The molecule has 3 aromatic rings. The van der Waals surface area contributed by atoms with Gasteiger partial charge in [0.15, 0.2) is 52.4 Å². The molecule has 3 rings (SSSR count). The van der Waals surface area contributed by atoms with Gasteiger partial charge >= 0.3 is 0 Å². The van der Waals surface area contributed by atoms with Crippen molar-refractivity contribution in [3.63, 3.8) is 0 Å². The average molecular weight is 586 g/mol. The van der Waals surface area contributed by atoms with Gasteiger partial charge in [0.05, 0.1) is 0 Å². The van der Waals surface area contributed by atoms with Gasteiger partial charge in [-0.05, 0) is 4.90 Å². The number of benzene rings is 3. The van der Waals surface area contributed by atoms with E-state index < -0.39 is 115 Å². The third-order valence-corrected chi connectivity index (χ3v) is 5.42. The third-order valence-electron chi connectivity index (χ3n) is 5.42. The van der Waals surface area contributed by atoms with Crippen molar-refractivity contribution in [1.82, 2.24) is 0 Å². The number of hydrogen-bond acceptors (Lipinski definition) is 2. The molecule has 3 aromatic carbocycles. The van der Waals surface area contributed by atoms with Crippen LogP contribution in [0.5, 0.6) is 0 Å². The Kier molecular flexibility index (Phi) is 7.50. The highest BCUT2D eigenvalue weighted by atomic mass is 19.2. The molecule has 39 heavy (non-hydrogen) atoms. The van der Waals surface area contributed by atoms with Crippen molar-refractivity contribution in [2.24, 2.45) is 0 Å². The zero-order valence-corrected chi connectivity index (χ0v) is 18.1. The lowest BCUT2D eigenvalue weighted by molar-refractivity contribution is -0.699. The van der Waals surface area contributed by atoms with E-state index in [1.807, 2.05) is 0 Å². The van der Waals surface area contributed by atoms with E-state index in [9.17, 15) is 71.1 Å².